The van der Waals surface area contributed by atoms with E-state index in [4.69, 9.17) is 0 Å². The topological polar surface area (TPSA) is 54.5 Å². The van der Waals surface area contributed by atoms with E-state index in [2.05, 4.69) is 12.1 Å². The third kappa shape index (κ3) is 5.42. The maximum Gasteiger partial charge on any atom is 0.222 e. The van der Waals surface area contributed by atoms with Gasteiger partial charge in [0, 0.05) is 19.0 Å². The normalized spacial score (nSPS) is 17.2. The first kappa shape index (κ1) is 19.6. The fourth-order valence-electron chi connectivity index (χ4n) is 3.71. The summed E-state index contributed by atoms with van der Waals surface area (Å²) < 4.78 is 25.3. The quantitative estimate of drug-likeness (QED) is 0.648. The van der Waals surface area contributed by atoms with Crippen LogP contribution in [0.2, 0.25) is 0 Å². The van der Waals surface area contributed by atoms with Gasteiger partial charge in [-0.25, -0.2) is 8.42 Å². The van der Waals surface area contributed by atoms with Crippen LogP contribution in [0.3, 0.4) is 0 Å². The summed E-state index contributed by atoms with van der Waals surface area (Å²) >= 11 is 0. The zero-order valence-electron chi connectivity index (χ0n) is 15.6. The molecule has 1 fully saturated rings. The van der Waals surface area contributed by atoms with Crippen LogP contribution in [0.15, 0.2) is 65.6 Å². The molecule has 0 aromatic heterocycles. The second-order valence-electron chi connectivity index (χ2n) is 7.17. The minimum Gasteiger partial charge on any atom is -0.339 e. The van der Waals surface area contributed by atoms with E-state index in [0.717, 1.165) is 32.1 Å². The minimum absolute atomic E-state index is 0.0206. The van der Waals surface area contributed by atoms with Gasteiger partial charge in [-0.05, 0) is 49.8 Å². The van der Waals surface area contributed by atoms with Crippen LogP contribution in [0.25, 0.3) is 0 Å². The van der Waals surface area contributed by atoms with Gasteiger partial charge < -0.3 is 4.90 Å². The Kier molecular flexibility index (Phi) is 6.67. The van der Waals surface area contributed by atoms with Crippen molar-refractivity contribution in [2.45, 2.75) is 49.5 Å². The Morgan fingerprint density at radius 2 is 1.63 bits per heavy atom. The van der Waals surface area contributed by atoms with E-state index in [1.807, 2.05) is 18.2 Å². The molecule has 0 aliphatic carbocycles. The summed E-state index contributed by atoms with van der Waals surface area (Å²) in [5.41, 5.74) is 1.29. The zero-order valence-corrected chi connectivity index (χ0v) is 16.4. The van der Waals surface area contributed by atoms with Crippen LogP contribution in [0.4, 0.5) is 0 Å². The molecule has 1 unspecified atom stereocenters. The summed E-state index contributed by atoms with van der Waals surface area (Å²) in [6.07, 6.45) is 4.92. The Balaban J connectivity index is 1.50. The average Bonchev–Trinajstić information content (AvgIpc) is 3.14. The molecule has 1 saturated heterocycles. The van der Waals surface area contributed by atoms with Crippen molar-refractivity contribution in [3.8, 4) is 0 Å². The molecule has 1 heterocycles. The van der Waals surface area contributed by atoms with Crippen molar-refractivity contribution in [3.05, 3.63) is 66.2 Å². The van der Waals surface area contributed by atoms with E-state index in [-0.39, 0.29) is 17.7 Å². The van der Waals surface area contributed by atoms with Gasteiger partial charge in [0.25, 0.3) is 0 Å². The van der Waals surface area contributed by atoms with Crippen LogP contribution >= 0.6 is 0 Å². The lowest BCUT2D eigenvalue weighted by Gasteiger charge is -2.24. The van der Waals surface area contributed by atoms with Gasteiger partial charge in [-0.3, -0.25) is 4.79 Å². The molecule has 0 bridgehead atoms. The minimum atomic E-state index is -3.37. The Hall–Kier alpha value is -2.14. The fraction of sp³-hybridized carbons (Fsp3) is 0.409. The third-order valence-corrected chi connectivity index (χ3v) is 6.97. The molecular weight excluding hydrogens is 358 g/mol. The molecule has 1 amide bonds. The number of aryl methyl sites for hydroxylation is 1. The Bertz CT molecular complexity index is 834. The summed E-state index contributed by atoms with van der Waals surface area (Å²) in [6.45, 7) is 0.673. The molecule has 27 heavy (non-hydrogen) atoms. The van der Waals surface area contributed by atoms with E-state index in [1.54, 1.807) is 35.2 Å². The molecular formula is C22H27NO3S. The lowest BCUT2D eigenvalue weighted by Crippen LogP contribution is -2.39. The predicted molar refractivity (Wildman–Crippen MR) is 107 cm³/mol. The van der Waals surface area contributed by atoms with E-state index in [1.165, 1.54) is 5.56 Å². The van der Waals surface area contributed by atoms with Gasteiger partial charge in [-0.15, -0.1) is 0 Å². The fourth-order valence-corrected chi connectivity index (χ4v) is 5.33. The molecule has 0 N–H and O–H groups in total. The van der Waals surface area contributed by atoms with Crippen molar-refractivity contribution in [2.24, 2.45) is 0 Å². The first-order valence-corrected chi connectivity index (χ1v) is 11.3. The highest BCUT2D eigenvalue weighted by atomic mass is 32.2. The van der Waals surface area contributed by atoms with Gasteiger partial charge in [-0.2, -0.15) is 0 Å². The second kappa shape index (κ2) is 9.18. The van der Waals surface area contributed by atoms with Crippen molar-refractivity contribution in [3.63, 3.8) is 0 Å². The molecule has 2 aromatic rings. The predicted octanol–water partition coefficient (Wildman–Crippen LogP) is 3.86. The summed E-state index contributed by atoms with van der Waals surface area (Å²) in [5.74, 6) is 0.112. The van der Waals surface area contributed by atoms with Crippen LogP contribution in [-0.2, 0) is 21.1 Å². The van der Waals surface area contributed by atoms with Gasteiger partial charge in [0.1, 0.15) is 0 Å². The summed E-state index contributed by atoms with van der Waals surface area (Å²) in [7, 11) is -3.37. The van der Waals surface area contributed by atoms with E-state index < -0.39 is 9.84 Å². The molecule has 144 valence electrons. The molecule has 2 aromatic carbocycles. The van der Waals surface area contributed by atoms with Gasteiger partial charge in [-0.1, -0.05) is 48.5 Å². The molecule has 3 rings (SSSR count). The average molecular weight is 386 g/mol. The number of hydrogen-bond donors (Lipinski definition) is 0. The molecule has 1 aliphatic rings. The number of hydrogen-bond acceptors (Lipinski definition) is 3. The lowest BCUT2D eigenvalue weighted by molar-refractivity contribution is -0.131. The number of benzene rings is 2. The number of sulfone groups is 1. The number of rotatable bonds is 8. The van der Waals surface area contributed by atoms with Crippen LogP contribution in [-0.4, -0.2) is 37.6 Å². The Morgan fingerprint density at radius 3 is 2.33 bits per heavy atom. The maximum absolute atomic E-state index is 12.6. The molecule has 1 aliphatic heterocycles. The highest BCUT2D eigenvalue weighted by molar-refractivity contribution is 7.91. The standard InChI is InChI=1S/C22H27NO3S/c24-22(16-8-7-12-19-10-3-1-4-11-19)23-17-9-13-20(23)18-27(25,26)21-14-5-2-6-15-21/h1-6,10-11,14-15,20H,7-9,12-13,16-18H2. The first-order valence-electron chi connectivity index (χ1n) is 9.67. The van der Waals surface area contributed by atoms with Crippen LogP contribution in [0, 0.1) is 0 Å². The third-order valence-electron chi connectivity index (χ3n) is 5.16. The largest absolute Gasteiger partial charge is 0.339 e. The lowest BCUT2D eigenvalue weighted by atomic mass is 10.1. The van der Waals surface area contributed by atoms with Crippen molar-refractivity contribution in [2.75, 3.05) is 12.3 Å². The second-order valence-corrected chi connectivity index (χ2v) is 9.20. The van der Waals surface area contributed by atoms with Crippen molar-refractivity contribution in [1.82, 2.24) is 4.90 Å². The zero-order chi connectivity index (χ0) is 19.1. The molecule has 0 saturated carbocycles. The Morgan fingerprint density at radius 1 is 0.963 bits per heavy atom. The smallest absolute Gasteiger partial charge is 0.222 e. The molecule has 0 radical (unpaired) electrons. The monoisotopic (exact) mass is 385 g/mol. The van der Waals surface area contributed by atoms with E-state index in [9.17, 15) is 13.2 Å². The molecule has 0 spiro atoms. The first-order chi connectivity index (χ1) is 13.1. The number of unbranched alkanes of at least 4 members (excludes halogenated alkanes) is 1. The highest BCUT2D eigenvalue weighted by Crippen LogP contribution is 2.23. The number of carbonyl (C=O) groups excluding carboxylic acids is 1. The molecule has 4 nitrogen and oxygen atoms in total. The number of likely N-dealkylation sites (tertiary alicyclic amines) is 1. The number of nitrogens with zero attached hydrogens (tertiary/aromatic N) is 1. The van der Waals surface area contributed by atoms with Gasteiger partial charge >= 0.3 is 0 Å². The SMILES string of the molecule is O=C(CCCCc1ccccc1)N1CCCC1CS(=O)(=O)c1ccccc1. The van der Waals surface area contributed by atoms with Gasteiger partial charge in [0.15, 0.2) is 9.84 Å². The van der Waals surface area contributed by atoms with Crippen molar-refractivity contribution < 1.29 is 13.2 Å². The Labute approximate surface area is 162 Å². The van der Waals surface area contributed by atoms with Crippen molar-refractivity contribution in [1.29, 1.82) is 0 Å². The van der Waals surface area contributed by atoms with E-state index in [0.29, 0.717) is 17.9 Å². The molecule has 5 heteroatoms. The highest BCUT2D eigenvalue weighted by Gasteiger charge is 2.32. The number of amides is 1. The summed E-state index contributed by atoms with van der Waals surface area (Å²) in [4.78, 5) is 14.8. The van der Waals surface area contributed by atoms with Crippen LogP contribution in [0.5, 0.6) is 0 Å². The van der Waals surface area contributed by atoms with Gasteiger partial charge in [0.05, 0.1) is 10.6 Å². The summed E-state index contributed by atoms with van der Waals surface area (Å²) in [5, 5.41) is 0. The van der Waals surface area contributed by atoms with Gasteiger partial charge in [0.2, 0.25) is 5.91 Å². The van der Waals surface area contributed by atoms with E-state index >= 15 is 0 Å². The van der Waals surface area contributed by atoms with Crippen molar-refractivity contribution >= 4 is 15.7 Å². The maximum atomic E-state index is 12.6. The number of carbonyl (C=O) groups is 1. The van der Waals surface area contributed by atoms with Crippen LogP contribution in [0.1, 0.15) is 37.7 Å². The summed E-state index contributed by atoms with van der Waals surface area (Å²) in [6, 6.07) is 18.6. The molecule has 1 atom stereocenters. The van der Waals surface area contributed by atoms with Crippen LogP contribution < -0.4 is 0 Å².